The summed E-state index contributed by atoms with van der Waals surface area (Å²) in [4.78, 5) is 126. The molecule has 25 heteroatoms. The van der Waals surface area contributed by atoms with Crippen LogP contribution < -0.4 is 37.6 Å². The first kappa shape index (κ1) is 58.1. The van der Waals surface area contributed by atoms with Crippen molar-refractivity contribution in [1.29, 1.82) is 0 Å². The second-order valence-electron chi connectivity index (χ2n) is 21.2. The Labute approximate surface area is 474 Å². The summed E-state index contributed by atoms with van der Waals surface area (Å²) in [6.07, 6.45) is -0.0199. The minimum atomic E-state index is -1.57. The molecule has 2 aromatic carbocycles. The van der Waals surface area contributed by atoms with Gasteiger partial charge < -0.3 is 42.5 Å². The Morgan fingerprint density at radius 3 is 2.20 bits per heavy atom. The van der Waals surface area contributed by atoms with Crippen molar-refractivity contribution in [3.05, 3.63) is 104 Å². The molecule has 418 valence electrons. The first-order chi connectivity index (χ1) is 37.4. The normalized spacial score (nSPS) is 23.8. The number of nitrogens with zero attached hydrogens (tertiary/aromatic N) is 6. The third kappa shape index (κ3) is 13.0. The predicted molar refractivity (Wildman–Crippen MR) is 303 cm³/mol. The van der Waals surface area contributed by atoms with Crippen molar-refractivity contribution in [3.8, 4) is 15.4 Å². The van der Waals surface area contributed by atoms with Crippen LogP contribution in [0, 0.1) is 39.0 Å². The van der Waals surface area contributed by atoms with Crippen molar-refractivity contribution in [1.82, 2.24) is 56.5 Å². The van der Waals surface area contributed by atoms with Crippen molar-refractivity contribution < 1.29 is 38.4 Å². The molecule has 0 saturated carbocycles. The molecule has 0 radical (unpaired) electrons. The summed E-state index contributed by atoms with van der Waals surface area (Å²) in [6.45, 7) is 16.0. The number of thiophene rings is 1. The molecule has 2 saturated heterocycles. The number of thioether (sulfide) groups is 1. The highest BCUT2D eigenvalue weighted by molar-refractivity contribution is 8.00. The number of rotatable bonds is 8. The van der Waals surface area contributed by atoms with Gasteiger partial charge in [-0.05, 0) is 81.2 Å². The number of halogens is 1. The number of aryl methyl sites for hydroxylation is 3. The summed E-state index contributed by atoms with van der Waals surface area (Å²) in [5, 5.41) is 26.5. The number of nitrogens with two attached hydrogens (primary N) is 1. The maximum atomic E-state index is 14.6. The quantitative estimate of drug-likeness (QED) is 0.116. The number of carbonyl (C=O) groups is 8. The van der Waals surface area contributed by atoms with Crippen molar-refractivity contribution in [3.63, 3.8) is 0 Å². The van der Waals surface area contributed by atoms with Gasteiger partial charge in [0.1, 0.15) is 53.1 Å². The summed E-state index contributed by atoms with van der Waals surface area (Å²) >= 11 is 10.3. The van der Waals surface area contributed by atoms with E-state index in [1.807, 2.05) is 51.3 Å². The van der Waals surface area contributed by atoms with Crippen molar-refractivity contribution >= 4 is 99.0 Å². The van der Waals surface area contributed by atoms with E-state index >= 15 is 0 Å². The van der Waals surface area contributed by atoms with Crippen LogP contribution in [0.15, 0.2) is 59.0 Å². The van der Waals surface area contributed by atoms with E-state index in [0.717, 1.165) is 54.5 Å². The summed E-state index contributed by atoms with van der Waals surface area (Å²) in [5.41, 5.74) is 11.9. The van der Waals surface area contributed by atoms with E-state index in [4.69, 9.17) is 22.3 Å². The summed E-state index contributed by atoms with van der Waals surface area (Å²) in [6, 6.07) is 5.42. The fourth-order valence-corrected chi connectivity index (χ4v) is 12.7. The van der Waals surface area contributed by atoms with Crippen LogP contribution in [0.4, 0.5) is 0 Å². The molecule has 0 aliphatic carbocycles. The monoisotopic (exact) mass is 1150 g/mol. The molecule has 8 amide bonds. The third-order valence-electron chi connectivity index (χ3n) is 14.1. The van der Waals surface area contributed by atoms with Crippen LogP contribution in [0.2, 0.25) is 5.02 Å². The minimum absolute atomic E-state index is 0.124. The van der Waals surface area contributed by atoms with Gasteiger partial charge in [0.05, 0.1) is 34.0 Å². The van der Waals surface area contributed by atoms with Gasteiger partial charge in [0.25, 0.3) is 0 Å². The fourth-order valence-electron chi connectivity index (χ4n) is 9.70. The topological polar surface area (TPSA) is 294 Å². The molecule has 0 spiro atoms. The van der Waals surface area contributed by atoms with Gasteiger partial charge in [-0.1, -0.05) is 75.7 Å². The lowest BCUT2D eigenvalue weighted by molar-refractivity contribution is -0.144. The van der Waals surface area contributed by atoms with Crippen LogP contribution in [-0.2, 0) is 38.4 Å². The Hall–Kier alpha value is -7.02. The molecule has 3 aliphatic rings. The van der Waals surface area contributed by atoms with Crippen LogP contribution in [0.1, 0.15) is 104 Å². The molecular weight excluding hydrogens is 1090 g/mol. The third-order valence-corrected chi connectivity index (χ3v) is 17.6. The van der Waals surface area contributed by atoms with E-state index in [1.165, 1.54) is 23.2 Å². The average Bonchev–Trinajstić information content (AvgIpc) is 4.17. The van der Waals surface area contributed by atoms with Crippen LogP contribution in [0.5, 0.6) is 0 Å². The highest BCUT2D eigenvalue weighted by atomic mass is 35.5. The molecule has 21 nitrogen and oxygen atoms in total. The number of aromatic nitrogens is 4. The Balaban J connectivity index is 1.09. The van der Waals surface area contributed by atoms with E-state index in [9.17, 15) is 38.4 Å². The number of nitrogens with one attached hydrogen (secondary N) is 6. The number of amides is 8. The van der Waals surface area contributed by atoms with E-state index in [0.29, 0.717) is 27.9 Å². The Kier molecular flexibility index (Phi) is 17.8. The van der Waals surface area contributed by atoms with Gasteiger partial charge in [-0.2, -0.15) is 0 Å². The lowest BCUT2D eigenvalue weighted by Gasteiger charge is -2.35. The number of carbonyl (C=O) groups excluding carboxylic acids is 8. The molecule has 3 aromatic heterocycles. The zero-order valence-corrected chi connectivity index (χ0v) is 48.4. The van der Waals surface area contributed by atoms with Crippen molar-refractivity contribution in [2.75, 3.05) is 24.6 Å². The average molecular weight is 1150 g/mol. The van der Waals surface area contributed by atoms with Gasteiger partial charge in [-0.25, -0.2) is 4.98 Å². The zero-order valence-electron chi connectivity index (χ0n) is 45.2. The van der Waals surface area contributed by atoms with E-state index in [-0.39, 0.29) is 36.8 Å². The smallest absolute Gasteiger partial charge is 0.247 e. The van der Waals surface area contributed by atoms with Gasteiger partial charge in [0, 0.05) is 39.9 Å². The SMILES string of the molecule is Cc1ncsc1-c1ccc([C@H]2NC(=O)[C@@H]3C[C@@H](C)CN3C(=O)[C@H](C(C)(C)C)NC(=O)CSC[C@H](C(N)=O)NC(=O)[C@@H](CNC(=O)C[C@@H]3N=C(c4ccc(Cl)cc4)c4c(sc(C)c4C)-n4c(C)nnc43)NC(=O)[C@H](C)NC2=O)cc1. The van der Waals surface area contributed by atoms with Crippen molar-refractivity contribution in [2.45, 2.75) is 117 Å². The maximum absolute atomic E-state index is 14.6. The number of fused-ring (bicyclic) bond motifs is 4. The largest absolute Gasteiger partial charge is 0.368 e. The molecular formula is C54H64ClN13O8S3. The van der Waals surface area contributed by atoms with Gasteiger partial charge in [-0.3, -0.25) is 47.9 Å². The van der Waals surface area contributed by atoms with Crippen LogP contribution >= 0.6 is 46.0 Å². The lowest BCUT2D eigenvalue weighted by Crippen LogP contribution is -2.60. The minimum Gasteiger partial charge on any atom is -0.368 e. The maximum Gasteiger partial charge on any atom is 0.247 e. The van der Waals surface area contributed by atoms with Gasteiger partial charge >= 0.3 is 0 Å². The van der Waals surface area contributed by atoms with Crippen LogP contribution in [0.25, 0.3) is 15.4 Å². The standard InChI is InChI=1S/C54H64ClN13O8S3/c1-25-18-38-50(74)64-43(32-10-12-33(13-11-32)44-27(3)58-24-78-44)51(75)59-28(4)48(72)61-36(49(73)62-37(46(56)71)22-77-23-40(70)63-45(54(7,8)9)52(76)67(38)21-25)20-57-39(69)19-35-47-66-65-30(6)68(47)53-41(26(2)29(5)79-53)42(60-35)31-14-16-34(55)17-15-31/h10-17,24-25,28,35-38,43,45H,18-23H2,1-9H3,(H2,56,71)(H,57,69)(H,59,75)(H,61,72)(H,62,73)(H,63,70)(H,64,74)/t25-,28+,35+,36-,37-,38+,43-,45-/m1/s1. The number of aliphatic imine (C=N–C) groups is 1. The Bertz CT molecular complexity index is 3220. The highest BCUT2D eigenvalue weighted by Gasteiger charge is 2.45. The zero-order chi connectivity index (χ0) is 57.2. The van der Waals surface area contributed by atoms with E-state index in [1.54, 1.807) is 74.0 Å². The number of hydrogen-bond donors (Lipinski definition) is 7. The first-order valence-corrected chi connectivity index (χ1v) is 28.9. The van der Waals surface area contributed by atoms with Crippen LogP contribution in [0.3, 0.4) is 0 Å². The van der Waals surface area contributed by atoms with Crippen LogP contribution in [-0.4, -0.2) is 132 Å². The van der Waals surface area contributed by atoms with Gasteiger partial charge in [-0.15, -0.1) is 44.6 Å². The summed E-state index contributed by atoms with van der Waals surface area (Å²) < 4.78 is 1.89. The summed E-state index contributed by atoms with van der Waals surface area (Å²) in [5.74, 6) is -5.42. The first-order valence-electron chi connectivity index (χ1n) is 25.7. The Morgan fingerprint density at radius 2 is 1.54 bits per heavy atom. The number of primary amides is 1. The molecule has 0 unspecified atom stereocenters. The van der Waals surface area contributed by atoms with Crippen molar-refractivity contribution in [2.24, 2.45) is 22.1 Å². The second kappa shape index (κ2) is 24.1. The Morgan fingerprint density at radius 1 is 0.848 bits per heavy atom. The molecule has 6 heterocycles. The molecule has 2 fully saturated rings. The van der Waals surface area contributed by atoms with E-state index < -0.39 is 102 Å². The lowest BCUT2D eigenvalue weighted by atomic mass is 9.85. The molecule has 8 rings (SSSR count). The second-order valence-corrected chi connectivity index (χ2v) is 24.8. The molecule has 8 N–H and O–H groups in total. The number of thiazole rings is 1. The van der Waals surface area contributed by atoms with Gasteiger partial charge in [0.15, 0.2) is 5.82 Å². The molecule has 5 aromatic rings. The number of benzene rings is 2. The van der Waals surface area contributed by atoms with Gasteiger partial charge in [0.2, 0.25) is 47.3 Å². The predicted octanol–water partition coefficient (Wildman–Crippen LogP) is 4.07. The molecule has 3 aliphatic heterocycles. The highest BCUT2D eigenvalue weighted by Crippen LogP contribution is 2.40. The molecule has 8 atom stereocenters. The fraction of sp³-hybridized carbons (Fsp3) is 0.444. The molecule has 0 bridgehead atoms. The number of hydrogen-bond acceptors (Lipinski definition) is 15. The summed E-state index contributed by atoms with van der Waals surface area (Å²) in [7, 11) is 0. The molecule has 79 heavy (non-hydrogen) atoms. The van der Waals surface area contributed by atoms with E-state index in [2.05, 4.69) is 47.1 Å².